The standard InChI is InChI=1S/C12H17F2N3O/c1-12(2,11(18)16-3)6-17-9-5-7(13)4-8(14)10(9)15/h4-5,17H,6,15H2,1-3H3,(H,16,18). The molecule has 1 aromatic carbocycles. The molecule has 0 bridgehead atoms. The number of amides is 1. The molecule has 0 fully saturated rings. The van der Waals surface area contributed by atoms with E-state index >= 15 is 0 Å². The molecule has 6 heteroatoms. The van der Waals surface area contributed by atoms with Crippen molar-refractivity contribution in [2.24, 2.45) is 5.41 Å². The number of carbonyl (C=O) groups is 1. The molecule has 0 aromatic heterocycles. The molecular weight excluding hydrogens is 240 g/mol. The summed E-state index contributed by atoms with van der Waals surface area (Å²) in [6.07, 6.45) is 0. The first-order valence-electron chi connectivity index (χ1n) is 5.48. The van der Waals surface area contributed by atoms with Gasteiger partial charge >= 0.3 is 0 Å². The predicted octanol–water partition coefficient (Wildman–Crippen LogP) is 1.73. The van der Waals surface area contributed by atoms with E-state index < -0.39 is 17.0 Å². The van der Waals surface area contributed by atoms with Crippen LogP contribution in [0.2, 0.25) is 0 Å². The van der Waals surface area contributed by atoms with E-state index in [0.29, 0.717) is 6.07 Å². The van der Waals surface area contributed by atoms with Crippen molar-refractivity contribution in [3.8, 4) is 0 Å². The number of anilines is 2. The largest absolute Gasteiger partial charge is 0.395 e. The maximum absolute atomic E-state index is 13.2. The van der Waals surface area contributed by atoms with Gasteiger partial charge in [0.1, 0.15) is 5.82 Å². The molecule has 1 rings (SSSR count). The number of halogens is 2. The maximum atomic E-state index is 13.2. The number of nitrogens with two attached hydrogens (primary N) is 1. The lowest BCUT2D eigenvalue weighted by atomic mass is 9.92. The minimum absolute atomic E-state index is 0.143. The first-order chi connectivity index (χ1) is 8.27. The van der Waals surface area contributed by atoms with Crippen LogP contribution in [-0.2, 0) is 4.79 Å². The number of carbonyl (C=O) groups excluding carboxylic acids is 1. The van der Waals surface area contributed by atoms with Gasteiger partial charge in [0.15, 0.2) is 5.82 Å². The highest BCUT2D eigenvalue weighted by molar-refractivity contribution is 5.82. The van der Waals surface area contributed by atoms with Crippen molar-refractivity contribution in [1.29, 1.82) is 0 Å². The van der Waals surface area contributed by atoms with Crippen LogP contribution in [0.25, 0.3) is 0 Å². The Hall–Kier alpha value is -1.85. The molecule has 100 valence electrons. The first kappa shape index (κ1) is 14.2. The van der Waals surface area contributed by atoms with Gasteiger partial charge in [-0.15, -0.1) is 0 Å². The molecule has 0 aliphatic rings. The highest BCUT2D eigenvalue weighted by Gasteiger charge is 2.26. The normalized spacial score (nSPS) is 11.2. The lowest BCUT2D eigenvalue weighted by molar-refractivity contribution is -0.128. The van der Waals surface area contributed by atoms with Crippen LogP contribution in [0.4, 0.5) is 20.2 Å². The SMILES string of the molecule is CNC(=O)C(C)(C)CNc1cc(F)cc(F)c1N. The van der Waals surface area contributed by atoms with Gasteiger partial charge in [0.2, 0.25) is 5.91 Å². The second kappa shape index (κ2) is 5.20. The lowest BCUT2D eigenvalue weighted by Crippen LogP contribution is -2.39. The molecule has 0 unspecified atom stereocenters. The summed E-state index contributed by atoms with van der Waals surface area (Å²) in [6, 6.07) is 1.81. The maximum Gasteiger partial charge on any atom is 0.227 e. The number of hydrogen-bond acceptors (Lipinski definition) is 3. The van der Waals surface area contributed by atoms with E-state index in [9.17, 15) is 13.6 Å². The molecule has 18 heavy (non-hydrogen) atoms. The zero-order chi connectivity index (χ0) is 13.9. The molecule has 0 saturated heterocycles. The Bertz CT molecular complexity index is 461. The molecule has 1 aromatic rings. The van der Waals surface area contributed by atoms with Crippen molar-refractivity contribution in [3.05, 3.63) is 23.8 Å². The lowest BCUT2D eigenvalue weighted by Gasteiger charge is -2.24. The number of nitrogens with one attached hydrogen (secondary N) is 2. The molecule has 0 heterocycles. The summed E-state index contributed by atoms with van der Waals surface area (Å²) in [5, 5.41) is 5.30. The van der Waals surface area contributed by atoms with Crippen LogP contribution in [0, 0.1) is 17.0 Å². The van der Waals surface area contributed by atoms with Crippen LogP contribution < -0.4 is 16.4 Å². The molecule has 4 N–H and O–H groups in total. The van der Waals surface area contributed by atoms with Crippen molar-refractivity contribution in [2.45, 2.75) is 13.8 Å². The van der Waals surface area contributed by atoms with Crippen LogP contribution in [0.15, 0.2) is 12.1 Å². The zero-order valence-electron chi connectivity index (χ0n) is 10.6. The fourth-order valence-electron chi connectivity index (χ4n) is 1.47. The summed E-state index contributed by atoms with van der Waals surface area (Å²) in [5.74, 6) is -1.72. The van der Waals surface area contributed by atoms with Gasteiger partial charge in [0, 0.05) is 19.7 Å². The Labute approximate surface area is 105 Å². The second-order valence-electron chi connectivity index (χ2n) is 4.67. The third-order valence-corrected chi connectivity index (χ3v) is 2.66. The number of hydrogen-bond donors (Lipinski definition) is 3. The Morgan fingerprint density at radius 2 is 2.00 bits per heavy atom. The Morgan fingerprint density at radius 3 is 2.56 bits per heavy atom. The molecule has 4 nitrogen and oxygen atoms in total. The van der Waals surface area contributed by atoms with E-state index in [1.807, 2.05) is 0 Å². The van der Waals surface area contributed by atoms with Gasteiger partial charge in [0.05, 0.1) is 16.8 Å². The molecule has 0 spiro atoms. The van der Waals surface area contributed by atoms with Crippen LogP contribution >= 0.6 is 0 Å². The molecule has 0 aliphatic carbocycles. The van der Waals surface area contributed by atoms with Crippen LogP contribution in [0.5, 0.6) is 0 Å². The highest BCUT2D eigenvalue weighted by Crippen LogP contribution is 2.25. The van der Waals surface area contributed by atoms with Gasteiger partial charge < -0.3 is 16.4 Å². The summed E-state index contributed by atoms with van der Waals surface area (Å²) in [4.78, 5) is 11.5. The Morgan fingerprint density at radius 1 is 1.39 bits per heavy atom. The van der Waals surface area contributed by atoms with Crippen molar-refractivity contribution in [1.82, 2.24) is 5.32 Å². The van der Waals surface area contributed by atoms with Gasteiger partial charge in [-0.05, 0) is 19.9 Å². The topological polar surface area (TPSA) is 67.2 Å². The predicted molar refractivity (Wildman–Crippen MR) is 67.1 cm³/mol. The van der Waals surface area contributed by atoms with E-state index in [-0.39, 0.29) is 23.8 Å². The second-order valence-corrected chi connectivity index (χ2v) is 4.67. The van der Waals surface area contributed by atoms with Gasteiger partial charge in [-0.1, -0.05) is 0 Å². The van der Waals surface area contributed by atoms with Crippen molar-refractivity contribution in [3.63, 3.8) is 0 Å². The molecule has 0 radical (unpaired) electrons. The molecular formula is C12H17F2N3O. The third-order valence-electron chi connectivity index (χ3n) is 2.66. The van der Waals surface area contributed by atoms with Crippen LogP contribution in [0.3, 0.4) is 0 Å². The average Bonchev–Trinajstić information content (AvgIpc) is 2.30. The third kappa shape index (κ3) is 3.09. The van der Waals surface area contributed by atoms with E-state index in [1.54, 1.807) is 13.8 Å². The van der Waals surface area contributed by atoms with Gasteiger partial charge in [-0.3, -0.25) is 4.79 Å². The van der Waals surface area contributed by atoms with E-state index in [0.717, 1.165) is 6.07 Å². The summed E-state index contributed by atoms with van der Waals surface area (Å²) in [6.45, 7) is 3.63. The summed E-state index contributed by atoms with van der Waals surface area (Å²) < 4.78 is 26.2. The zero-order valence-corrected chi connectivity index (χ0v) is 10.6. The minimum atomic E-state index is -0.824. The number of nitrogen functional groups attached to an aromatic ring is 1. The quantitative estimate of drug-likeness (QED) is 0.720. The van der Waals surface area contributed by atoms with Crippen molar-refractivity contribution >= 4 is 17.3 Å². The summed E-state index contributed by atoms with van der Waals surface area (Å²) in [7, 11) is 1.53. The molecule has 0 atom stereocenters. The van der Waals surface area contributed by atoms with Crippen molar-refractivity contribution < 1.29 is 13.6 Å². The smallest absolute Gasteiger partial charge is 0.227 e. The van der Waals surface area contributed by atoms with Crippen molar-refractivity contribution in [2.75, 3.05) is 24.6 Å². The fourth-order valence-corrected chi connectivity index (χ4v) is 1.47. The molecule has 1 amide bonds. The van der Waals surface area contributed by atoms with Gasteiger partial charge in [-0.2, -0.15) is 0 Å². The van der Waals surface area contributed by atoms with E-state index in [4.69, 9.17) is 5.73 Å². The molecule has 0 saturated carbocycles. The number of rotatable bonds is 4. The summed E-state index contributed by atoms with van der Waals surface area (Å²) in [5.41, 5.74) is 4.75. The van der Waals surface area contributed by atoms with Crippen LogP contribution in [-0.4, -0.2) is 19.5 Å². The fraction of sp³-hybridized carbons (Fsp3) is 0.417. The number of benzene rings is 1. The molecule has 0 aliphatic heterocycles. The van der Waals surface area contributed by atoms with E-state index in [2.05, 4.69) is 10.6 Å². The van der Waals surface area contributed by atoms with E-state index in [1.165, 1.54) is 7.05 Å². The summed E-state index contributed by atoms with van der Waals surface area (Å²) >= 11 is 0. The van der Waals surface area contributed by atoms with Gasteiger partial charge in [-0.25, -0.2) is 8.78 Å². The Balaban J connectivity index is 2.84. The first-order valence-corrected chi connectivity index (χ1v) is 5.48. The van der Waals surface area contributed by atoms with Crippen LogP contribution in [0.1, 0.15) is 13.8 Å². The highest BCUT2D eigenvalue weighted by atomic mass is 19.1. The van der Waals surface area contributed by atoms with Gasteiger partial charge in [0.25, 0.3) is 0 Å². The Kier molecular flexibility index (Phi) is 4.11. The monoisotopic (exact) mass is 257 g/mol. The minimum Gasteiger partial charge on any atom is -0.395 e. The average molecular weight is 257 g/mol.